The maximum atomic E-state index is 11.4. The van der Waals surface area contributed by atoms with E-state index in [0.717, 1.165) is 38.3 Å². The molecule has 0 aromatic carbocycles. The van der Waals surface area contributed by atoms with Crippen LogP contribution in [0.2, 0.25) is 0 Å². The van der Waals surface area contributed by atoms with Gasteiger partial charge in [0.05, 0.1) is 7.11 Å². The summed E-state index contributed by atoms with van der Waals surface area (Å²) >= 11 is 0. The topological polar surface area (TPSA) is 61.8 Å². The number of amides is 1. The average molecular weight is 284 g/mol. The van der Waals surface area contributed by atoms with Crippen molar-refractivity contribution >= 4 is 6.09 Å². The number of nitrogens with one attached hydrogen (secondary N) is 1. The van der Waals surface area contributed by atoms with Crippen molar-refractivity contribution in [3.05, 3.63) is 0 Å². The Morgan fingerprint density at radius 3 is 2.70 bits per heavy atom. The molecule has 5 nitrogen and oxygen atoms in total. The van der Waals surface area contributed by atoms with Gasteiger partial charge in [0.25, 0.3) is 0 Å². The van der Waals surface area contributed by atoms with Crippen LogP contribution in [0.4, 0.5) is 4.79 Å². The molecule has 0 aromatic rings. The molecule has 0 aromatic heterocycles. The predicted octanol–water partition coefficient (Wildman–Crippen LogP) is 1.60. The highest BCUT2D eigenvalue weighted by Crippen LogP contribution is 2.34. The highest BCUT2D eigenvalue weighted by molar-refractivity contribution is 5.67. The van der Waals surface area contributed by atoms with Crippen LogP contribution in [0.5, 0.6) is 0 Å². The van der Waals surface area contributed by atoms with Gasteiger partial charge in [0, 0.05) is 31.8 Å². The highest BCUT2D eigenvalue weighted by Gasteiger charge is 2.36. The molecule has 116 valence electrons. The number of carbonyl (C=O) groups excluding carboxylic acids is 1. The summed E-state index contributed by atoms with van der Waals surface area (Å²) in [6, 6.07) is 0.861. The first kappa shape index (κ1) is 15.6. The van der Waals surface area contributed by atoms with Crippen LogP contribution in [-0.4, -0.2) is 55.0 Å². The number of carbonyl (C=O) groups is 1. The SMILES string of the molecule is COC(=O)NC1CC(CCCO)CN(C2CC(C)C2)C1. The second-order valence-corrected chi connectivity index (χ2v) is 6.48. The fourth-order valence-electron chi connectivity index (χ4n) is 3.62. The van der Waals surface area contributed by atoms with E-state index >= 15 is 0 Å². The number of alkyl carbamates (subject to hydrolysis) is 1. The summed E-state index contributed by atoms with van der Waals surface area (Å²) in [7, 11) is 1.41. The summed E-state index contributed by atoms with van der Waals surface area (Å²) in [5, 5.41) is 12.0. The lowest BCUT2D eigenvalue weighted by Crippen LogP contribution is -2.56. The summed E-state index contributed by atoms with van der Waals surface area (Å²) in [6.45, 7) is 4.60. The van der Waals surface area contributed by atoms with E-state index in [2.05, 4.69) is 17.1 Å². The van der Waals surface area contributed by atoms with E-state index in [0.29, 0.717) is 12.0 Å². The Bertz CT molecular complexity index is 318. The summed E-state index contributed by atoms with van der Waals surface area (Å²) in [5.74, 6) is 1.40. The number of hydrogen-bond donors (Lipinski definition) is 2. The van der Waals surface area contributed by atoms with Gasteiger partial charge >= 0.3 is 6.09 Å². The van der Waals surface area contributed by atoms with Crippen molar-refractivity contribution in [2.45, 2.75) is 51.1 Å². The van der Waals surface area contributed by atoms with Gasteiger partial charge in [-0.05, 0) is 43.9 Å². The number of hydrogen-bond acceptors (Lipinski definition) is 4. The van der Waals surface area contributed by atoms with Gasteiger partial charge in [-0.25, -0.2) is 4.79 Å². The smallest absolute Gasteiger partial charge is 0.407 e. The lowest BCUT2D eigenvalue weighted by molar-refractivity contribution is 0.0303. The first-order valence-electron chi connectivity index (χ1n) is 7.81. The van der Waals surface area contributed by atoms with Gasteiger partial charge in [-0.2, -0.15) is 0 Å². The van der Waals surface area contributed by atoms with E-state index in [1.54, 1.807) is 0 Å². The van der Waals surface area contributed by atoms with E-state index in [1.807, 2.05) is 0 Å². The number of methoxy groups -OCH3 is 1. The zero-order valence-corrected chi connectivity index (χ0v) is 12.7. The van der Waals surface area contributed by atoms with Crippen LogP contribution in [0.3, 0.4) is 0 Å². The fraction of sp³-hybridized carbons (Fsp3) is 0.933. The van der Waals surface area contributed by atoms with Crippen molar-refractivity contribution in [3.63, 3.8) is 0 Å². The van der Waals surface area contributed by atoms with E-state index in [-0.39, 0.29) is 18.7 Å². The third-order valence-electron chi connectivity index (χ3n) is 4.71. The fourth-order valence-corrected chi connectivity index (χ4v) is 3.62. The Balaban J connectivity index is 1.89. The first-order chi connectivity index (χ1) is 9.62. The van der Waals surface area contributed by atoms with Gasteiger partial charge < -0.3 is 15.2 Å². The molecule has 0 bridgehead atoms. The normalized spacial score (nSPS) is 34.4. The lowest BCUT2D eigenvalue weighted by Gasteiger charge is -2.47. The van der Waals surface area contributed by atoms with Crippen molar-refractivity contribution in [2.24, 2.45) is 11.8 Å². The van der Waals surface area contributed by atoms with Crippen molar-refractivity contribution in [1.82, 2.24) is 10.2 Å². The maximum Gasteiger partial charge on any atom is 0.407 e. The van der Waals surface area contributed by atoms with Crippen molar-refractivity contribution in [3.8, 4) is 0 Å². The molecule has 5 heteroatoms. The largest absolute Gasteiger partial charge is 0.453 e. The Morgan fingerprint density at radius 1 is 1.35 bits per heavy atom. The minimum atomic E-state index is -0.334. The van der Waals surface area contributed by atoms with Gasteiger partial charge in [-0.15, -0.1) is 0 Å². The quantitative estimate of drug-likeness (QED) is 0.805. The molecule has 2 N–H and O–H groups in total. The molecule has 1 amide bonds. The van der Waals surface area contributed by atoms with Crippen molar-refractivity contribution in [1.29, 1.82) is 0 Å². The molecule has 2 rings (SSSR count). The van der Waals surface area contributed by atoms with Gasteiger partial charge in [-0.1, -0.05) is 6.92 Å². The molecular weight excluding hydrogens is 256 g/mol. The molecule has 1 heterocycles. The third kappa shape index (κ3) is 4.09. The monoisotopic (exact) mass is 284 g/mol. The standard InChI is InChI=1S/C15H28N2O3/c1-11-6-14(7-11)17-9-12(4-3-5-18)8-13(10-17)16-15(19)20-2/h11-14,18H,3-10H2,1-2H3,(H,16,19). The molecule has 20 heavy (non-hydrogen) atoms. The zero-order chi connectivity index (χ0) is 14.5. The molecule has 0 spiro atoms. The number of nitrogens with zero attached hydrogens (tertiary/aromatic N) is 1. The lowest BCUT2D eigenvalue weighted by atomic mass is 9.78. The first-order valence-corrected chi connectivity index (χ1v) is 7.81. The number of rotatable bonds is 5. The van der Waals surface area contributed by atoms with Crippen LogP contribution in [0.25, 0.3) is 0 Å². The minimum Gasteiger partial charge on any atom is -0.453 e. The van der Waals surface area contributed by atoms with Crippen LogP contribution in [-0.2, 0) is 4.74 Å². The molecule has 0 radical (unpaired) electrons. The second-order valence-electron chi connectivity index (χ2n) is 6.48. The number of likely N-dealkylation sites (tertiary alicyclic amines) is 1. The second kappa shape index (κ2) is 7.27. The summed E-state index contributed by atoms with van der Waals surface area (Å²) in [6.07, 6.45) is 5.10. The highest BCUT2D eigenvalue weighted by atomic mass is 16.5. The molecule has 2 fully saturated rings. The van der Waals surface area contributed by atoms with Crippen molar-refractivity contribution in [2.75, 3.05) is 26.8 Å². The van der Waals surface area contributed by atoms with Crippen LogP contribution in [0.15, 0.2) is 0 Å². The molecule has 1 aliphatic carbocycles. The van der Waals surface area contributed by atoms with E-state index < -0.39 is 0 Å². The van der Waals surface area contributed by atoms with E-state index in [4.69, 9.17) is 9.84 Å². The van der Waals surface area contributed by atoms with Crippen molar-refractivity contribution < 1.29 is 14.6 Å². The predicted molar refractivity (Wildman–Crippen MR) is 77.5 cm³/mol. The number of ether oxygens (including phenoxy) is 1. The summed E-state index contributed by atoms with van der Waals surface area (Å²) in [5.41, 5.74) is 0. The maximum absolute atomic E-state index is 11.4. The van der Waals surface area contributed by atoms with E-state index in [9.17, 15) is 4.79 Å². The molecule has 2 unspecified atom stereocenters. The van der Waals surface area contributed by atoms with Gasteiger partial charge in [0.1, 0.15) is 0 Å². The third-order valence-corrected chi connectivity index (χ3v) is 4.71. The summed E-state index contributed by atoms with van der Waals surface area (Å²) in [4.78, 5) is 14.0. The Morgan fingerprint density at radius 2 is 2.10 bits per heavy atom. The number of piperidine rings is 1. The van der Waals surface area contributed by atoms with Crippen LogP contribution >= 0.6 is 0 Å². The Labute approximate surface area is 121 Å². The zero-order valence-electron chi connectivity index (χ0n) is 12.7. The van der Waals surface area contributed by atoms with Gasteiger partial charge in [0.2, 0.25) is 0 Å². The Hall–Kier alpha value is -0.810. The molecule has 1 saturated carbocycles. The van der Waals surface area contributed by atoms with Crippen LogP contribution in [0, 0.1) is 11.8 Å². The molecule has 1 saturated heterocycles. The molecule has 2 atom stereocenters. The average Bonchev–Trinajstić information content (AvgIpc) is 2.41. The van der Waals surface area contributed by atoms with E-state index in [1.165, 1.54) is 20.0 Å². The minimum absolute atomic E-state index is 0.177. The van der Waals surface area contributed by atoms with Crippen LogP contribution in [0.1, 0.15) is 39.0 Å². The molecule has 2 aliphatic rings. The number of aliphatic hydroxyl groups excluding tert-OH is 1. The van der Waals surface area contributed by atoms with Crippen LogP contribution < -0.4 is 5.32 Å². The van der Waals surface area contributed by atoms with Gasteiger partial charge in [-0.3, -0.25) is 4.90 Å². The molecule has 1 aliphatic heterocycles. The molecular formula is C15H28N2O3. The number of aliphatic hydroxyl groups is 1. The Kier molecular flexibility index (Phi) is 5.66. The summed E-state index contributed by atoms with van der Waals surface area (Å²) < 4.78 is 4.71. The van der Waals surface area contributed by atoms with Gasteiger partial charge in [0.15, 0.2) is 0 Å².